The van der Waals surface area contributed by atoms with Crippen molar-refractivity contribution in [1.29, 1.82) is 0 Å². The van der Waals surface area contributed by atoms with E-state index in [1.54, 1.807) is 67.8 Å². The standard InChI is InChI=1S/C21H17BrN2O4/c1-27-16-9-7-14(8-10-16)13-17(20(25)23-15-5-3-2-4-6-15)24-21(26)18-11-12-19(22)28-18/h2-13H,1H3,(H,23,25)(H,24,26)/b17-13+. The Balaban J connectivity index is 1.86. The summed E-state index contributed by atoms with van der Waals surface area (Å²) in [5.74, 6) is -0.216. The second-order valence-corrected chi connectivity index (χ2v) is 6.49. The van der Waals surface area contributed by atoms with Gasteiger partial charge in [-0.25, -0.2) is 0 Å². The molecule has 0 atom stereocenters. The third-order valence-electron chi connectivity index (χ3n) is 3.75. The van der Waals surface area contributed by atoms with Crippen LogP contribution in [0.3, 0.4) is 0 Å². The van der Waals surface area contributed by atoms with Crippen molar-refractivity contribution >= 4 is 39.5 Å². The highest BCUT2D eigenvalue weighted by molar-refractivity contribution is 9.10. The number of methoxy groups -OCH3 is 1. The zero-order valence-electron chi connectivity index (χ0n) is 14.9. The molecule has 0 spiro atoms. The van der Waals surface area contributed by atoms with Crippen molar-refractivity contribution in [3.63, 3.8) is 0 Å². The maximum atomic E-state index is 12.8. The molecule has 0 aliphatic heterocycles. The van der Waals surface area contributed by atoms with Crippen LogP contribution < -0.4 is 15.4 Å². The van der Waals surface area contributed by atoms with Crippen molar-refractivity contribution in [2.45, 2.75) is 0 Å². The Morgan fingerprint density at radius 3 is 2.32 bits per heavy atom. The predicted molar refractivity (Wildman–Crippen MR) is 110 cm³/mol. The van der Waals surface area contributed by atoms with E-state index in [0.717, 1.165) is 5.56 Å². The number of para-hydroxylation sites is 1. The Hall–Kier alpha value is -3.32. The van der Waals surface area contributed by atoms with Gasteiger partial charge in [-0.2, -0.15) is 0 Å². The smallest absolute Gasteiger partial charge is 0.291 e. The number of hydrogen-bond acceptors (Lipinski definition) is 4. The molecule has 0 bridgehead atoms. The summed E-state index contributed by atoms with van der Waals surface area (Å²) in [6.45, 7) is 0. The fraction of sp³-hybridized carbons (Fsp3) is 0.0476. The van der Waals surface area contributed by atoms with E-state index in [2.05, 4.69) is 26.6 Å². The van der Waals surface area contributed by atoms with Gasteiger partial charge in [0.25, 0.3) is 11.8 Å². The minimum Gasteiger partial charge on any atom is -0.497 e. The molecule has 6 nitrogen and oxygen atoms in total. The van der Waals surface area contributed by atoms with Crippen LogP contribution in [0.25, 0.3) is 6.08 Å². The maximum absolute atomic E-state index is 12.8. The molecule has 0 saturated carbocycles. The molecule has 0 unspecified atom stereocenters. The van der Waals surface area contributed by atoms with E-state index in [9.17, 15) is 9.59 Å². The van der Waals surface area contributed by atoms with Gasteiger partial charge in [-0.3, -0.25) is 9.59 Å². The summed E-state index contributed by atoms with van der Waals surface area (Å²) in [4.78, 5) is 25.2. The first-order chi connectivity index (χ1) is 13.5. The fourth-order valence-electron chi connectivity index (χ4n) is 2.37. The highest BCUT2D eigenvalue weighted by atomic mass is 79.9. The Labute approximate surface area is 170 Å². The molecule has 2 N–H and O–H groups in total. The Morgan fingerprint density at radius 1 is 1.00 bits per heavy atom. The molecule has 2 aromatic carbocycles. The number of rotatable bonds is 6. The minimum absolute atomic E-state index is 0.0755. The second-order valence-electron chi connectivity index (χ2n) is 5.71. The van der Waals surface area contributed by atoms with Crippen LogP contribution in [-0.4, -0.2) is 18.9 Å². The monoisotopic (exact) mass is 440 g/mol. The summed E-state index contributed by atoms with van der Waals surface area (Å²) >= 11 is 3.15. The third-order valence-corrected chi connectivity index (χ3v) is 4.17. The van der Waals surface area contributed by atoms with Crippen LogP contribution in [0.1, 0.15) is 16.1 Å². The molecular formula is C21H17BrN2O4. The summed E-state index contributed by atoms with van der Waals surface area (Å²) in [5, 5.41) is 5.37. The molecule has 3 aromatic rings. The maximum Gasteiger partial charge on any atom is 0.291 e. The first-order valence-electron chi connectivity index (χ1n) is 8.34. The number of nitrogens with one attached hydrogen (secondary N) is 2. The molecule has 0 saturated heterocycles. The fourth-order valence-corrected chi connectivity index (χ4v) is 2.67. The molecule has 1 heterocycles. The molecule has 0 fully saturated rings. The molecular weight excluding hydrogens is 424 g/mol. The number of furan rings is 1. The van der Waals surface area contributed by atoms with E-state index >= 15 is 0 Å². The number of ether oxygens (including phenoxy) is 1. The minimum atomic E-state index is -0.534. The molecule has 0 radical (unpaired) electrons. The molecule has 142 valence electrons. The number of benzene rings is 2. The average Bonchev–Trinajstić information content (AvgIpc) is 3.15. The Bertz CT molecular complexity index is 995. The largest absolute Gasteiger partial charge is 0.497 e. The predicted octanol–water partition coefficient (Wildman–Crippen LogP) is 4.46. The number of amides is 2. The van der Waals surface area contributed by atoms with E-state index in [4.69, 9.17) is 9.15 Å². The van der Waals surface area contributed by atoms with E-state index in [0.29, 0.717) is 16.1 Å². The van der Waals surface area contributed by atoms with Crippen molar-refractivity contribution in [3.8, 4) is 5.75 Å². The summed E-state index contributed by atoms with van der Waals surface area (Å²) in [6, 6.07) is 19.2. The topological polar surface area (TPSA) is 80.6 Å². The van der Waals surface area contributed by atoms with Gasteiger partial charge in [0.2, 0.25) is 0 Å². The van der Waals surface area contributed by atoms with Crippen LogP contribution in [0.2, 0.25) is 0 Å². The lowest BCUT2D eigenvalue weighted by molar-refractivity contribution is -0.113. The molecule has 0 aliphatic carbocycles. The van der Waals surface area contributed by atoms with Gasteiger partial charge < -0.3 is 19.8 Å². The summed E-state index contributed by atoms with van der Waals surface area (Å²) in [5.41, 5.74) is 1.41. The summed E-state index contributed by atoms with van der Waals surface area (Å²) in [7, 11) is 1.57. The highest BCUT2D eigenvalue weighted by Crippen LogP contribution is 2.17. The van der Waals surface area contributed by atoms with Crippen LogP contribution in [0, 0.1) is 0 Å². The van der Waals surface area contributed by atoms with Crippen molar-refractivity contribution in [3.05, 3.63) is 88.4 Å². The highest BCUT2D eigenvalue weighted by Gasteiger charge is 2.17. The first-order valence-corrected chi connectivity index (χ1v) is 9.13. The molecule has 1 aromatic heterocycles. The molecule has 7 heteroatoms. The van der Waals surface area contributed by atoms with Crippen LogP contribution in [0.4, 0.5) is 5.69 Å². The number of halogens is 1. The van der Waals surface area contributed by atoms with Crippen LogP contribution in [-0.2, 0) is 4.79 Å². The van der Waals surface area contributed by atoms with Crippen molar-refractivity contribution in [2.24, 2.45) is 0 Å². The third kappa shape index (κ3) is 5.11. The van der Waals surface area contributed by atoms with Gasteiger partial charge in [0, 0.05) is 5.69 Å². The van der Waals surface area contributed by atoms with Gasteiger partial charge in [0.05, 0.1) is 7.11 Å². The van der Waals surface area contributed by atoms with Crippen LogP contribution in [0.5, 0.6) is 5.75 Å². The van der Waals surface area contributed by atoms with Gasteiger partial charge in [-0.1, -0.05) is 30.3 Å². The van der Waals surface area contributed by atoms with E-state index < -0.39 is 11.8 Å². The second kappa shape index (κ2) is 9.05. The average molecular weight is 441 g/mol. The van der Waals surface area contributed by atoms with E-state index in [-0.39, 0.29) is 11.5 Å². The van der Waals surface area contributed by atoms with Gasteiger partial charge in [0.1, 0.15) is 11.4 Å². The van der Waals surface area contributed by atoms with E-state index in [1.165, 1.54) is 6.07 Å². The molecule has 28 heavy (non-hydrogen) atoms. The Morgan fingerprint density at radius 2 is 1.71 bits per heavy atom. The number of anilines is 1. The van der Waals surface area contributed by atoms with Gasteiger partial charge in [-0.05, 0) is 64.0 Å². The van der Waals surface area contributed by atoms with Crippen molar-refractivity contribution in [2.75, 3.05) is 12.4 Å². The van der Waals surface area contributed by atoms with E-state index in [1.807, 2.05) is 6.07 Å². The van der Waals surface area contributed by atoms with Crippen LogP contribution in [0.15, 0.2) is 81.5 Å². The number of hydrogen-bond donors (Lipinski definition) is 2. The summed E-state index contributed by atoms with van der Waals surface area (Å²) < 4.78 is 10.8. The molecule has 2 amide bonds. The van der Waals surface area contributed by atoms with Crippen molar-refractivity contribution in [1.82, 2.24) is 5.32 Å². The molecule has 3 rings (SSSR count). The number of carbonyl (C=O) groups excluding carboxylic acids is 2. The molecule has 0 aliphatic rings. The first kappa shape index (κ1) is 19.4. The Kier molecular flexibility index (Phi) is 6.29. The lowest BCUT2D eigenvalue weighted by Gasteiger charge is -2.10. The zero-order valence-corrected chi connectivity index (χ0v) is 16.5. The lowest BCUT2D eigenvalue weighted by atomic mass is 10.1. The summed E-state index contributed by atoms with van der Waals surface area (Å²) in [6.07, 6.45) is 1.58. The van der Waals surface area contributed by atoms with Crippen LogP contribution >= 0.6 is 15.9 Å². The van der Waals surface area contributed by atoms with Gasteiger partial charge >= 0.3 is 0 Å². The van der Waals surface area contributed by atoms with Crippen molar-refractivity contribution < 1.29 is 18.7 Å². The zero-order chi connectivity index (χ0) is 19.9. The SMILES string of the molecule is COc1ccc(/C=C(/NC(=O)c2ccc(Br)o2)C(=O)Nc2ccccc2)cc1. The quantitative estimate of drug-likeness (QED) is 0.554. The number of carbonyl (C=O) groups is 2. The van der Waals surface area contributed by atoms with Gasteiger partial charge in [0.15, 0.2) is 10.4 Å². The van der Waals surface area contributed by atoms with Gasteiger partial charge in [-0.15, -0.1) is 0 Å². The normalized spacial score (nSPS) is 11.0. The lowest BCUT2D eigenvalue weighted by Crippen LogP contribution is -2.30.